The van der Waals surface area contributed by atoms with Crippen molar-refractivity contribution in [1.82, 2.24) is 14.4 Å². The highest BCUT2D eigenvalue weighted by atomic mass is 16.6. The molecule has 4 heterocycles. The molecule has 1 N–H and O–H groups in total. The van der Waals surface area contributed by atoms with Crippen LogP contribution in [-0.2, 0) is 4.74 Å². The topological polar surface area (TPSA) is 112 Å². The lowest BCUT2D eigenvalue weighted by molar-refractivity contribution is 0.00706. The van der Waals surface area contributed by atoms with E-state index in [4.69, 9.17) is 13.6 Å². The zero-order valence-corrected chi connectivity index (χ0v) is 24.9. The van der Waals surface area contributed by atoms with Gasteiger partial charge in [0.25, 0.3) is 0 Å². The molecule has 6 aromatic rings. The van der Waals surface area contributed by atoms with Crippen molar-refractivity contribution in [2.45, 2.75) is 53.2 Å². The largest absolute Gasteiger partial charge is 0.456 e. The van der Waals surface area contributed by atoms with Crippen molar-refractivity contribution in [1.29, 1.82) is 0 Å². The molecule has 9 heteroatoms. The van der Waals surface area contributed by atoms with E-state index < -0.39 is 11.6 Å². The van der Waals surface area contributed by atoms with Crippen LogP contribution in [0.25, 0.3) is 39.5 Å². The Bertz CT molecular complexity index is 2050. The van der Waals surface area contributed by atoms with E-state index >= 15 is 0 Å². The number of hydrogen-bond donors (Lipinski definition) is 1. The van der Waals surface area contributed by atoms with Crippen LogP contribution in [0.1, 0.15) is 60.9 Å². The summed E-state index contributed by atoms with van der Waals surface area (Å²) in [5, 5.41) is 3.93. The molecule has 43 heavy (non-hydrogen) atoms. The van der Waals surface area contributed by atoms with Gasteiger partial charge in [0.15, 0.2) is 5.43 Å². The first-order valence-electron chi connectivity index (χ1n) is 14.0. The zero-order valence-electron chi connectivity index (χ0n) is 24.9. The van der Waals surface area contributed by atoms with Crippen LogP contribution in [0.2, 0.25) is 0 Å². The maximum atomic E-state index is 13.4. The Morgan fingerprint density at radius 3 is 2.60 bits per heavy atom. The highest BCUT2D eigenvalue weighted by molar-refractivity contribution is 5.96. The molecule has 0 bridgehead atoms. The number of aromatic nitrogens is 3. The fourth-order valence-corrected chi connectivity index (χ4v) is 5.24. The summed E-state index contributed by atoms with van der Waals surface area (Å²) < 4.78 is 19.5. The normalized spacial score (nSPS) is 12.5. The summed E-state index contributed by atoms with van der Waals surface area (Å²) in [4.78, 5) is 35.3. The molecule has 0 fully saturated rings. The molecule has 0 aliphatic heterocycles. The first-order chi connectivity index (χ1) is 20.5. The molecule has 0 spiro atoms. The van der Waals surface area contributed by atoms with Gasteiger partial charge in [0, 0.05) is 29.1 Å². The molecule has 4 aromatic heterocycles. The standard InChI is InChI=1S/C34H32N4O5/c1-19-15-24(20(2)36-26-10-8-7-9-23(26)33(40)43-34(4,5)6)31-25(16-19)27(39)18-28(42-31)22-11-13-38-29(17-22)37-21(3)30(38)32-35-12-14-41-32/h7-18,20,36H,1-6H3. The van der Waals surface area contributed by atoms with Gasteiger partial charge in [-0.2, -0.15) is 0 Å². The fraction of sp³-hybridized carbons (Fsp3) is 0.235. The molecule has 1 atom stereocenters. The Labute approximate surface area is 248 Å². The zero-order chi connectivity index (χ0) is 30.5. The molecule has 0 aliphatic rings. The molecule has 218 valence electrons. The molecule has 0 amide bonds. The van der Waals surface area contributed by atoms with Crippen LogP contribution >= 0.6 is 0 Å². The van der Waals surface area contributed by atoms with E-state index in [0.717, 1.165) is 22.5 Å². The Balaban J connectivity index is 1.41. The van der Waals surface area contributed by atoms with Crippen LogP contribution in [0.3, 0.4) is 0 Å². The fourth-order valence-electron chi connectivity index (χ4n) is 5.24. The smallest absolute Gasteiger partial charge is 0.340 e. The number of para-hydroxylation sites is 1. The van der Waals surface area contributed by atoms with Gasteiger partial charge in [0.2, 0.25) is 5.89 Å². The number of imidazole rings is 1. The number of aryl methyl sites for hydroxylation is 2. The molecule has 6 rings (SSSR count). The van der Waals surface area contributed by atoms with Crippen molar-refractivity contribution >= 4 is 28.3 Å². The summed E-state index contributed by atoms with van der Waals surface area (Å²) in [6.45, 7) is 11.3. The van der Waals surface area contributed by atoms with Gasteiger partial charge in [-0.3, -0.25) is 9.20 Å². The van der Waals surface area contributed by atoms with Gasteiger partial charge < -0.3 is 18.9 Å². The molecular formula is C34H32N4O5. The Morgan fingerprint density at radius 2 is 1.86 bits per heavy atom. The second-order valence-electron chi connectivity index (χ2n) is 11.6. The van der Waals surface area contributed by atoms with Crippen molar-refractivity contribution in [3.8, 4) is 22.9 Å². The summed E-state index contributed by atoms with van der Waals surface area (Å²) in [5.74, 6) is 0.482. The maximum absolute atomic E-state index is 13.4. The number of esters is 1. The van der Waals surface area contributed by atoms with E-state index in [0.29, 0.717) is 45.1 Å². The van der Waals surface area contributed by atoms with Gasteiger partial charge in [-0.15, -0.1) is 0 Å². The summed E-state index contributed by atoms with van der Waals surface area (Å²) in [6, 6.07) is 16.0. The van der Waals surface area contributed by atoms with Gasteiger partial charge in [-0.1, -0.05) is 18.2 Å². The predicted octanol–water partition coefficient (Wildman–Crippen LogP) is 7.51. The second kappa shape index (κ2) is 10.6. The van der Waals surface area contributed by atoms with Gasteiger partial charge in [0.05, 0.1) is 28.9 Å². The Morgan fingerprint density at radius 1 is 1.07 bits per heavy atom. The molecule has 0 aliphatic carbocycles. The highest BCUT2D eigenvalue weighted by Crippen LogP contribution is 2.33. The third-order valence-electron chi connectivity index (χ3n) is 7.11. The summed E-state index contributed by atoms with van der Waals surface area (Å²) in [6.07, 6.45) is 4.98. The number of pyridine rings is 1. The summed E-state index contributed by atoms with van der Waals surface area (Å²) in [5.41, 5.74) is 5.36. The lowest BCUT2D eigenvalue weighted by Gasteiger charge is -2.22. The van der Waals surface area contributed by atoms with Crippen molar-refractivity contribution in [3.05, 3.63) is 106 Å². The van der Waals surface area contributed by atoms with Crippen molar-refractivity contribution < 1.29 is 18.4 Å². The van der Waals surface area contributed by atoms with Crippen molar-refractivity contribution in [2.75, 3.05) is 5.32 Å². The lowest BCUT2D eigenvalue weighted by atomic mass is 10.00. The van der Waals surface area contributed by atoms with Crippen LogP contribution in [0.4, 0.5) is 5.69 Å². The maximum Gasteiger partial charge on any atom is 0.340 e. The van der Waals surface area contributed by atoms with Crippen LogP contribution in [0.15, 0.2) is 86.9 Å². The van der Waals surface area contributed by atoms with E-state index in [9.17, 15) is 9.59 Å². The molecular weight excluding hydrogens is 544 g/mol. The van der Waals surface area contributed by atoms with Gasteiger partial charge >= 0.3 is 5.97 Å². The number of carbonyl (C=O) groups is 1. The van der Waals surface area contributed by atoms with Gasteiger partial charge in [0.1, 0.15) is 34.5 Å². The minimum Gasteiger partial charge on any atom is -0.456 e. The Kier molecular flexibility index (Phi) is 6.88. The van der Waals surface area contributed by atoms with E-state index in [1.54, 1.807) is 18.3 Å². The van der Waals surface area contributed by atoms with Crippen LogP contribution in [0, 0.1) is 13.8 Å². The predicted molar refractivity (Wildman–Crippen MR) is 165 cm³/mol. The van der Waals surface area contributed by atoms with Crippen molar-refractivity contribution in [2.24, 2.45) is 0 Å². The van der Waals surface area contributed by atoms with Crippen LogP contribution in [-0.4, -0.2) is 25.9 Å². The number of nitrogens with one attached hydrogen (secondary N) is 1. The van der Waals surface area contributed by atoms with E-state index in [1.165, 1.54) is 12.3 Å². The number of fused-ring (bicyclic) bond motifs is 2. The second-order valence-corrected chi connectivity index (χ2v) is 11.6. The third-order valence-corrected chi connectivity index (χ3v) is 7.11. The average molecular weight is 577 g/mol. The van der Waals surface area contributed by atoms with E-state index in [-0.39, 0.29) is 11.5 Å². The molecule has 1 unspecified atom stereocenters. The highest BCUT2D eigenvalue weighted by Gasteiger charge is 2.23. The summed E-state index contributed by atoms with van der Waals surface area (Å²) in [7, 11) is 0. The number of nitrogens with zero attached hydrogens (tertiary/aromatic N) is 3. The molecule has 0 radical (unpaired) electrons. The van der Waals surface area contributed by atoms with Crippen molar-refractivity contribution in [3.63, 3.8) is 0 Å². The number of carbonyl (C=O) groups excluding carboxylic acids is 1. The lowest BCUT2D eigenvalue weighted by Crippen LogP contribution is -2.24. The number of rotatable bonds is 6. The minimum absolute atomic E-state index is 0.151. The average Bonchev–Trinajstić information content (AvgIpc) is 3.58. The molecule has 0 saturated carbocycles. The minimum atomic E-state index is -0.627. The number of hydrogen-bond acceptors (Lipinski definition) is 8. The van der Waals surface area contributed by atoms with E-state index in [1.807, 2.05) is 88.5 Å². The molecule has 2 aromatic carbocycles. The van der Waals surface area contributed by atoms with Gasteiger partial charge in [-0.25, -0.2) is 14.8 Å². The summed E-state index contributed by atoms with van der Waals surface area (Å²) >= 11 is 0. The quantitative estimate of drug-likeness (QED) is 0.203. The van der Waals surface area contributed by atoms with E-state index in [2.05, 4.69) is 15.3 Å². The first-order valence-corrected chi connectivity index (χ1v) is 14.0. The van der Waals surface area contributed by atoms with Crippen LogP contribution < -0.4 is 10.7 Å². The molecule has 0 saturated heterocycles. The molecule has 9 nitrogen and oxygen atoms in total. The Hall–Kier alpha value is -5.18. The number of anilines is 1. The number of benzene rings is 2. The SMILES string of the molecule is Cc1cc(C(C)Nc2ccccc2C(=O)OC(C)(C)C)c2oc(-c3ccn4c(-c5ncco5)c(C)nc4c3)cc(=O)c2c1. The third kappa shape index (κ3) is 5.41. The van der Waals surface area contributed by atoms with Gasteiger partial charge in [-0.05, 0) is 77.4 Å². The first kappa shape index (κ1) is 28.0. The van der Waals surface area contributed by atoms with Crippen LogP contribution in [0.5, 0.6) is 0 Å². The monoisotopic (exact) mass is 576 g/mol. The number of ether oxygens (including phenoxy) is 1. The number of oxazole rings is 1.